The van der Waals surface area contributed by atoms with Crippen molar-refractivity contribution in [2.24, 2.45) is 0 Å². The minimum Gasteiger partial charge on any atom is -0.488 e. The highest BCUT2D eigenvalue weighted by molar-refractivity contribution is 7.89. The van der Waals surface area contributed by atoms with Crippen LogP contribution < -0.4 is 4.74 Å². The molecule has 1 fully saturated rings. The van der Waals surface area contributed by atoms with Crippen LogP contribution in [0.4, 0.5) is 4.39 Å². The van der Waals surface area contributed by atoms with Crippen LogP contribution in [0.15, 0.2) is 65.7 Å². The van der Waals surface area contributed by atoms with Gasteiger partial charge >= 0.3 is 0 Å². The van der Waals surface area contributed by atoms with Crippen molar-refractivity contribution in [3.05, 3.63) is 66.6 Å². The molecule has 0 radical (unpaired) electrons. The maximum Gasteiger partial charge on any atom is 0.245 e. The predicted octanol–water partition coefficient (Wildman–Crippen LogP) is 3.61. The van der Waals surface area contributed by atoms with Gasteiger partial charge in [-0.25, -0.2) is 12.8 Å². The standard InChI is InChI=1S/C20H19FN2O3S/c21-17-7-1-2-9-19(17)27(24,25)23-13-10-16(11-14-23)26-18-8-3-5-15-6-4-12-22-20(15)18/h1-9,12,16H,10-11,13-14H2. The van der Waals surface area contributed by atoms with Crippen molar-refractivity contribution in [1.82, 2.24) is 9.29 Å². The molecule has 3 aromatic rings. The van der Waals surface area contributed by atoms with Gasteiger partial charge in [-0.05, 0) is 37.1 Å². The molecule has 27 heavy (non-hydrogen) atoms. The molecule has 0 N–H and O–H groups in total. The Labute approximate surface area is 157 Å². The van der Waals surface area contributed by atoms with Crippen LogP contribution >= 0.6 is 0 Å². The fraction of sp³-hybridized carbons (Fsp3) is 0.250. The fourth-order valence-corrected chi connectivity index (χ4v) is 4.87. The monoisotopic (exact) mass is 386 g/mol. The van der Waals surface area contributed by atoms with Gasteiger partial charge in [0.1, 0.15) is 28.1 Å². The number of aromatic nitrogens is 1. The van der Waals surface area contributed by atoms with Gasteiger partial charge in [-0.15, -0.1) is 0 Å². The molecule has 140 valence electrons. The van der Waals surface area contributed by atoms with Gasteiger partial charge in [-0.1, -0.05) is 30.3 Å². The van der Waals surface area contributed by atoms with Gasteiger partial charge in [0.15, 0.2) is 0 Å². The Bertz CT molecular complexity index is 1060. The molecule has 0 amide bonds. The van der Waals surface area contributed by atoms with Crippen LogP contribution in [0.2, 0.25) is 0 Å². The molecule has 0 bridgehead atoms. The molecule has 2 aromatic carbocycles. The first kappa shape index (κ1) is 17.9. The van der Waals surface area contributed by atoms with E-state index in [1.54, 1.807) is 6.20 Å². The Kier molecular flexibility index (Phi) is 4.80. The second-order valence-electron chi connectivity index (χ2n) is 6.48. The summed E-state index contributed by atoms with van der Waals surface area (Å²) in [6.07, 6.45) is 2.69. The summed E-state index contributed by atoms with van der Waals surface area (Å²) in [5.74, 6) is -0.0267. The van der Waals surface area contributed by atoms with Crippen LogP contribution in [-0.2, 0) is 10.0 Å². The molecule has 1 saturated heterocycles. The molecular weight excluding hydrogens is 367 g/mol. The summed E-state index contributed by atoms with van der Waals surface area (Å²) in [5.41, 5.74) is 0.793. The zero-order valence-electron chi connectivity index (χ0n) is 14.6. The van der Waals surface area contributed by atoms with Crippen LogP contribution in [-0.4, -0.2) is 36.9 Å². The van der Waals surface area contributed by atoms with Gasteiger partial charge in [0.05, 0.1) is 0 Å². The van der Waals surface area contributed by atoms with Crippen molar-refractivity contribution < 1.29 is 17.5 Å². The molecule has 4 rings (SSSR count). The first-order valence-electron chi connectivity index (χ1n) is 8.81. The molecule has 2 heterocycles. The molecular formula is C20H19FN2O3S. The Balaban J connectivity index is 1.47. The third-order valence-corrected chi connectivity index (χ3v) is 6.68. The summed E-state index contributed by atoms with van der Waals surface area (Å²) in [6, 6.07) is 15.1. The fourth-order valence-electron chi connectivity index (χ4n) is 3.33. The zero-order valence-corrected chi connectivity index (χ0v) is 15.4. The van der Waals surface area contributed by atoms with Crippen molar-refractivity contribution in [2.75, 3.05) is 13.1 Å². The third kappa shape index (κ3) is 3.52. The molecule has 0 aliphatic carbocycles. The highest BCUT2D eigenvalue weighted by atomic mass is 32.2. The Morgan fingerprint density at radius 3 is 2.52 bits per heavy atom. The van der Waals surface area contributed by atoms with Crippen molar-refractivity contribution >= 4 is 20.9 Å². The number of nitrogens with zero attached hydrogens (tertiary/aromatic N) is 2. The van der Waals surface area contributed by atoms with Gasteiger partial charge in [-0.2, -0.15) is 4.31 Å². The van der Waals surface area contributed by atoms with E-state index in [0.717, 1.165) is 17.0 Å². The molecule has 1 aliphatic rings. The molecule has 0 saturated carbocycles. The smallest absolute Gasteiger partial charge is 0.245 e. The second kappa shape index (κ2) is 7.25. The lowest BCUT2D eigenvalue weighted by Crippen LogP contribution is -2.42. The number of fused-ring (bicyclic) bond motifs is 1. The lowest BCUT2D eigenvalue weighted by molar-refractivity contribution is 0.136. The Morgan fingerprint density at radius 1 is 1.00 bits per heavy atom. The molecule has 0 atom stereocenters. The Hall–Kier alpha value is -2.51. The van der Waals surface area contributed by atoms with Crippen LogP contribution in [0.5, 0.6) is 5.75 Å². The van der Waals surface area contributed by atoms with Crippen LogP contribution in [0.25, 0.3) is 10.9 Å². The number of benzene rings is 2. The van der Waals surface area contributed by atoms with E-state index in [0.29, 0.717) is 31.7 Å². The minimum absolute atomic E-state index is 0.107. The number of piperidine rings is 1. The van der Waals surface area contributed by atoms with Crippen molar-refractivity contribution in [2.45, 2.75) is 23.8 Å². The van der Waals surface area contributed by atoms with Gasteiger partial charge in [-0.3, -0.25) is 4.98 Å². The predicted molar refractivity (Wildman–Crippen MR) is 101 cm³/mol. The quantitative estimate of drug-likeness (QED) is 0.687. The maximum atomic E-state index is 13.9. The average molecular weight is 386 g/mol. The number of hydrogen-bond donors (Lipinski definition) is 0. The van der Waals surface area contributed by atoms with Gasteiger partial charge < -0.3 is 4.74 Å². The molecule has 0 unspecified atom stereocenters. The van der Waals surface area contributed by atoms with Crippen LogP contribution in [0.1, 0.15) is 12.8 Å². The third-order valence-electron chi connectivity index (χ3n) is 4.74. The summed E-state index contributed by atoms with van der Waals surface area (Å²) < 4.78 is 46.7. The van der Waals surface area contributed by atoms with E-state index in [9.17, 15) is 12.8 Å². The summed E-state index contributed by atoms with van der Waals surface area (Å²) >= 11 is 0. The second-order valence-corrected chi connectivity index (χ2v) is 8.39. The highest BCUT2D eigenvalue weighted by Gasteiger charge is 2.32. The van der Waals surface area contributed by atoms with E-state index in [2.05, 4.69) is 4.98 Å². The average Bonchev–Trinajstić information content (AvgIpc) is 2.69. The number of rotatable bonds is 4. The van der Waals surface area contributed by atoms with Crippen LogP contribution in [0, 0.1) is 5.82 Å². The van der Waals surface area contributed by atoms with E-state index >= 15 is 0 Å². The van der Waals surface area contributed by atoms with E-state index in [1.807, 2.05) is 30.3 Å². The maximum absolute atomic E-state index is 13.9. The minimum atomic E-state index is -3.83. The van der Waals surface area contributed by atoms with E-state index in [4.69, 9.17) is 4.74 Å². The molecule has 0 spiro atoms. The van der Waals surface area contributed by atoms with Crippen LogP contribution in [0.3, 0.4) is 0 Å². The number of sulfonamides is 1. The summed E-state index contributed by atoms with van der Waals surface area (Å²) in [7, 11) is -3.83. The topological polar surface area (TPSA) is 59.5 Å². The van der Waals surface area contributed by atoms with E-state index < -0.39 is 15.8 Å². The highest BCUT2D eigenvalue weighted by Crippen LogP contribution is 2.28. The first-order chi connectivity index (χ1) is 13.1. The molecule has 5 nitrogen and oxygen atoms in total. The largest absolute Gasteiger partial charge is 0.488 e. The summed E-state index contributed by atoms with van der Waals surface area (Å²) in [4.78, 5) is 4.10. The zero-order chi connectivity index (χ0) is 18.9. The lowest BCUT2D eigenvalue weighted by atomic mass is 10.1. The number of pyridine rings is 1. The van der Waals surface area contributed by atoms with Gasteiger partial charge in [0, 0.05) is 24.7 Å². The van der Waals surface area contributed by atoms with E-state index in [-0.39, 0.29) is 11.0 Å². The number of hydrogen-bond acceptors (Lipinski definition) is 4. The summed E-state index contributed by atoms with van der Waals surface area (Å²) in [6.45, 7) is 0.582. The van der Waals surface area contributed by atoms with Crippen molar-refractivity contribution in [3.8, 4) is 5.75 Å². The number of halogens is 1. The first-order valence-corrected chi connectivity index (χ1v) is 10.2. The lowest BCUT2D eigenvalue weighted by Gasteiger charge is -2.31. The molecule has 1 aliphatic heterocycles. The number of para-hydroxylation sites is 1. The van der Waals surface area contributed by atoms with Crippen molar-refractivity contribution in [1.29, 1.82) is 0 Å². The number of ether oxygens (including phenoxy) is 1. The van der Waals surface area contributed by atoms with Gasteiger partial charge in [0.2, 0.25) is 10.0 Å². The SMILES string of the molecule is O=S(=O)(c1ccccc1F)N1CCC(Oc2cccc3cccnc23)CC1. The van der Waals surface area contributed by atoms with Gasteiger partial charge in [0.25, 0.3) is 0 Å². The normalized spacial score (nSPS) is 16.5. The van der Waals surface area contributed by atoms with Crippen molar-refractivity contribution in [3.63, 3.8) is 0 Å². The summed E-state index contributed by atoms with van der Waals surface area (Å²) in [5, 5.41) is 0.995. The molecule has 1 aromatic heterocycles. The van der Waals surface area contributed by atoms with E-state index in [1.165, 1.54) is 22.5 Å². The molecule has 7 heteroatoms. The Morgan fingerprint density at radius 2 is 1.74 bits per heavy atom.